The molecule has 0 aliphatic heterocycles. The van der Waals surface area contributed by atoms with E-state index < -0.39 is 0 Å². The van der Waals surface area contributed by atoms with Crippen LogP contribution >= 0.6 is 0 Å². The molecule has 2 rings (SSSR count). The fraction of sp³-hybridized carbons (Fsp3) is 0.300. The summed E-state index contributed by atoms with van der Waals surface area (Å²) >= 11 is 0. The molecule has 0 radical (unpaired) electrons. The van der Waals surface area contributed by atoms with Gasteiger partial charge in [-0.25, -0.2) is 0 Å². The average Bonchev–Trinajstić information content (AvgIpc) is 2.39. The zero-order chi connectivity index (χ0) is 15.2. The zero-order valence-corrected chi connectivity index (χ0v) is 13.2. The van der Waals surface area contributed by atoms with Crippen LogP contribution in [0.1, 0.15) is 37.0 Å². The lowest BCUT2D eigenvalue weighted by Crippen LogP contribution is -2.10. The van der Waals surface area contributed by atoms with Crippen LogP contribution in [0.5, 0.6) is 0 Å². The number of rotatable bonds is 2. The minimum absolute atomic E-state index is 0.207. The summed E-state index contributed by atoms with van der Waals surface area (Å²) in [6.07, 6.45) is 11.6. The average molecular weight is 266 g/mol. The van der Waals surface area contributed by atoms with Gasteiger partial charge in [0.25, 0.3) is 0 Å². The molecule has 1 aliphatic rings. The molecule has 1 unspecified atom stereocenters. The van der Waals surface area contributed by atoms with Crippen molar-refractivity contribution >= 4 is 6.08 Å². The number of hydrogen-bond acceptors (Lipinski definition) is 0. The van der Waals surface area contributed by atoms with E-state index in [-0.39, 0.29) is 5.41 Å². The van der Waals surface area contributed by atoms with Crippen molar-refractivity contribution in [3.05, 3.63) is 77.9 Å². The van der Waals surface area contributed by atoms with Crippen molar-refractivity contribution in [2.45, 2.75) is 34.1 Å². The summed E-state index contributed by atoms with van der Waals surface area (Å²) in [5, 5.41) is 0. The van der Waals surface area contributed by atoms with E-state index in [1.807, 2.05) is 12.2 Å². The van der Waals surface area contributed by atoms with Crippen LogP contribution in [-0.2, 0) is 0 Å². The Balaban J connectivity index is 0.000000200. The molecule has 1 aromatic carbocycles. The highest BCUT2D eigenvalue weighted by atomic mass is 14.2. The first-order chi connectivity index (χ1) is 9.40. The SMILES string of the molecule is C=CC1(C)C=C(C)C=CC1.C=Cc1ccc(C)cc1C. The Labute approximate surface area is 124 Å². The van der Waals surface area contributed by atoms with Gasteiger partial charge in [0.1, 0.15) is 0 Å². The van der Waals surface area contributed by atoms with E-state index in [4.69, 9.17) is 0 Å². The van der Waals surface area contributed by atoms with E-state index in [2.05, 4.69) is 77.3 Å². The fourth-order valence-corrected chi connectivity index (χ4v) is 2.32. The van der Waals surface area contributed by atoms with Crippen molar-refractivity contribution < 1.29 is 0 Å². The number of benzene rings is 1. The van der Waals surface area contributed by atoms with Gasteiger partial charge in [0, 0.05) is 5.41 Å². The fourth-order valence-electron chi connectivity index (χ4n) is 2.32. The van der Waals surface area contributed by atoms with E-state index in [0.29, 0.717) is 0 Å². The number of hydrogen-bond donors (Lipinski definition) is 0. The van der Waals surface area contributed by atoms with Gasteiger partial charge in [0.15, 0.2) is 0 Å². The van der Waals surface area contributed by atoms with Crippen molar-refractivity contribution in [1.29, 1.82) is 0 Å². The lowest BCUT2D eigenvalue weighted by Gasteiger charge is -2.23. The lowest BCUT2D eigenvalue weighted by atomic mass is 9.82. The van der Waals surface area contributed by atoms with Gasteiger partial charge in [-0.3, -0.25) is 0 Å². The van der Waals surface area contributed by atoms with E-state index in [9.17, 15) is 0 Å². The molecule has 0 spiro atoms. The molecule has 0 nitrogen and oxygen atoms in total. The third kappa shape index (κ3) is 4.70. The summed E-state index contributed by atoms with van der Waals surface area (Å²) in [5.41, 5.74) is 5.39. The highest BCUT2D eigenvalue weighted by Crippen LogP contribution is 2.30. The summed E-state index contributed by atoms with van der Waals surface area (Å²) in [7, 11) is 0. The van der Waals surface area contributed by atoms with E-state index in [1.165, 1.54) is 22.3 Å². The highest BCUT2D eigenvalue weighted by molar-refractivity contribution is 5.52. The van der Waals surface area contributed by atoms with Crippen LogP contribution in [0.15, 0.2) is 61.2 Å². The molecule has 0 saturated heterocycles. The van der Waals surface area contributed by atoms with Crippen LogP contribution in [0.25, 0.3) is 6.08 Å². The summed E-state index contributed by atoms with van der Waals surface area (Å²) < 4.78 is 0. The van der Waals surface area contributed by atoms with Crippen LogP contribution in [0.4, 0.5) is 0 Å². The van der Waals surface area contributed by atoms with E-state index in [1.54, 1.807) is 0 Å². The molecular weight excluding hydrogens is 240 g/mol. The predicted octanol–water partition coefficient (Wildman–Crippen LogP) is 6.03. The van der Waals surface area contributed by atoms with Crippen molar-refractivity contribution in [1.82, 2.24) is 0 Å². The van der Waals surface area contributed by atoms with Crippen LogP contribution in [0, 0.1) is 19.3 Å². The first-order valence-electron chi connectivity index (χ1n) is 7.09. The Morgan fingerprint density at radius 3 is 2.30 bits per heavy atom. The van der Waals surface area contributed by atoms with Crippen LogP contribution in [0.2, 0.25) is 0 Å². The maximum Gasteiger partial charge on any atom is 0.00702 e. The Bertz CT molecular complexity index is 543. The maximum atomic E-state index is 3.81. The molecule has 0 amide bonds. The summed E-state index contributed by atoms with van der Waals surface area (Å²) in [4.78, 5) is 0. The van der Waals surface area contributed by atoms with Gasteiger partial charge in [-0.05, 0) is 38.3 Å². The monoisotopic (exact) mass is 266 g/mol. The van der Waals surface area contributed by atoms with Gasteiger partial charge < -0.3 is 0 Å². The molecular formula is C20H26. The van der Waals surface area contributed by atoms with Gasteiger partial charge in [-0.1, -0.05) is 73.2 Å². The number of aryl methyl sites for hydroxylation is 2. The van der Waals surface area contributed by atoms with Crippen molar-refractivity contribution in [2.24, 2.45) is 5.41 Å². The quantitative estimate of drug-likeness (QED) is 0.573. The summed E-state index contributed by atoms with van der Waals surface area (Å²) in [6, 6.07) is 6.36. The van der Waals surface area contributed by atoms with Gasteiger partial charge in [-0.2, -0.15) is 0 Å². The largest absolute Gasteiger partial charge is 0.102 e. The number of allylic oxidation sites excluding steroid dienone is 5. The molecule has 0 saturated carbocycles. The van der Waals surface area contributed by atoms with Crippen molar-refractivity contribution in [3.63, 3.8) is 0 Å². The molecule has 0 aromatic heterocycles. The third-order valence-corrected chi connectivity index (χ3v) is 3.61. The predicted molar refractivity (Wildman–Crippen MR) is 91.8 cm³/mol. The van der Waals surface area contributed by atoms with Crippen LogP contribution in [-0.4, -0.2) is 0 Å². The second-order valence-corrected chi connectivity index (χ2v) is 5.77. The first-order valence-corrected chi connectivity index (χ1v) is 7.09. The van der Waals surface area contributed by atoms with Crippen molar-refractivity contribution in [3.8, 4) is 0 Å². The molecule has 0 heterocycles. The van der Waals surface area contributed by atoms with E-state index >= 15 is 0 Å². The molecule has 1 atom stereocenters. The molecule has 0 fully saturated rings. The minimum atomic E-state index is 0.207. The van der Waals surface area contributed by atoms with Gasteiger partial charge in [-0.15, -0.1) is 6.58 Å². The topological polar surface area (TPSA) is 0 Å². The second-order valence-electron chi connectivity index (χ2n) is 5.77. The van der Waals surface area contributed by atoms with Crippen LogP contribution < -0.4 is 0 Å². The normalized spacial score (nSPS) is 20.5. The molecule has 1 aliphatic carbocycles. The highest BCUT2D eigenvalue weighted by Gasteiger charge is 2.16. The third-order valence-electron chi connectivity index (χ3n) is 3.61. The first kappa shape index (κ1) is 16.2. The van der Waals surface area contributed by atoms with Gasteiger partial charge in [0.05, 0.1) is 0 Å². The molecule has 106 valence electrons. The standard InChI is InChI=1S/C10H12.C10H14/c1-4-10-6-5-8(2)7-9(10)3;1-4-10(3)7-5-6-9(2)8-10/h4-7H,1H2,2-3H3;4-6,8H,1,7H2,2-3H3. The Morgan fingerprint density at radius 1 is 1.15 bits per heavy atom. The zero-order valence-electron chi connectivity index (χ0n) is 13.2. The molecule has 20 heavy (non-hydrogen) atoms. The molecule has 0 N–H and O–H groups in total. The Hall–Kier alpha value is -1.82. The lowest BCUT2D eigenvalue weighted by molar-refractivity contribution is 0.553. The summed E-state index contributed by atoms with van der Waals surface area (Å²) in [6.45, 7) is 16.1. The van der Waals surface area contributed by atoms with Gasteiger partial charge in [0.2, 0.25) is 0 Å². The van der Waals surface area contributed by atoms with Crippen LogP contribution in [0.3, 0.4) is 0 Å². The maximum absolute atomic E-state index is 3.81. The van der Waals surface area contributed by atoms with Gasteiger partial charge >= 0.3 is 0 Å². The molecule has 0 bridgehead atoms. The minimum Gasteiger partial charge on any atom is -0.102 e. The smallest absolute Gasteiger partial charge is 0.00702 e. The Morgan fingerprint density at radius 2 is 1.85 bits per heavy atom. The van der Waals surface area contributed by atoms with E-state index in [0.717, 1.165) is 6.42 Å². The summed E-state index contributed by atoms with van der Waals surface area (Å²) in [5.74, 6) is 0. The second kappa shape index (κ2) is 7.09. The van der Waals surface area contributed by atoms with Crippen molar-refractivity contribution in [2.75, 3.05) is 0 Å². The molecule has 0 heteroatoms. The Kier molecular flexibility index (Phi) is 5.76. The molecule has 1 aromatic rings.